The van der Waals surface area contributed by atoms with Gasteiger partial charge in [-0.1, -0.05) is 23.7 Å². The summed E-state index contributed by atoms with van der Waals surface area (Å²) in [5, 5.41) is 0.539. The van der Waals surface area contributed by atoms with Gasteiger partial charge in [-0.05, 0) is 42.3 Å². The summed E-state index contributed by atoms with van der Waals surface area (Å²) in [4.78, 5) is 0. The second-order valence-corrected chi connectivity index (χ2v) is 5.11. The smallest absolute Gasteiger partial charge is 0.324 e. The van der Waals surface area contributed by atoms with Gasteiger partial charge in [-0.25, -0.2) is 4.39 Å². The lowest BCUT2D eigenvalue weighted by atomic mass is 9.97. The first-order chi connectivity index (χ1) is 9.77. The van der Waals surface area contributed by atoms with Gasteiger partial charge in [0, 0.05) is 16.6 Å². The Morgan fingerprint density at radius 3 is 2.24 bits per heavy atom. The Morgan fingerprint density at radius 2 is 1.67 bits per heavy atom. The number of hydrogen-bond acceptors (Lipinski definition) is 1. The number of hydrogen-bond donors (Lipinski definition) is 1. The topological polar surface area (TPSA) is 26.0 Å². The molecule has 0 saturated heterocycles. The molecule has 6 heteroatoms. The lowest BCUT2D eigenvalue weighted by Gasteiger charge is -2.15. The van der Waals surface area contributed by atoms with E-state index in [0.717, 1.165) is 17.7 Å². The molecule has 0 aliphatic heterocycles. The van der Waals surface area contributed by atoms with Crippen molar-refractivity contribution in [1.82, 2.24) is 0 Å². The molecule has 0 saturated carbocycles. The molecule has 1 nitrogen and oxygen atoms in total. The van der Waals surface area contributed by atoms with Crippen LogP contribution in [0.4, 0.5) is 17.6 Å². The lowest BCUT2D eigenvalue weighted by molar-refractivity contribution is -0.137. The molecular weight excluding hydrogens is 306 g/mol. The van der Waals surface area contributed by atoms with Gasteiger partial charge in [0.1, 0.15) is 5.82 Å². The third kappa shape index (κ3) is 3.95. The fourth-order valence-corrected chi connectivity index (χ4v) is 2.11. The van der Waals surface area contributed by atoms with E-state index in [-0.39, 0.29) is 12.0 Å². The first-order valence-corrected chi connectivity index (χ1v) is 6.52. The van der Waals surface area contributed by atoms with Crippen molar-refractivity contribution in [2.45, 2.75) is 18.6 Å². The number of benzene rings is 2. The molecule has 0 aromatic heterocycles. The van der Waals surface area contributed by atoms with Gasteiger partial charge in [-0.2, -0.15) is 13.2 Å². The zero-order chi connectivity index (χ0) is 15.6. The summed E-state index contributed by atoms with van der Waals surface area (Å²) in [6.07, 6.45) is -4.31. The third-order valence-corrected chi connectivity index (χ3v) is 3.34. The summed E-state index contributed by atoms with van der Waals surface area (Å²) < 4.78 is 51.7. The first-order valence-electron chi connectivity index (χ1n) is 6.14. The van der Waals surface area contributed by atoms with E-state index in [9.17, 15) is 17.6 Å². The first kappa shape index (κ1) is 15.8. The van der Waals surface area contributed by atoms with E-state index < -0.39 is 23.6 Å². The Balaban J connectivity index is 2.26. The molecule has 2 rings (SSSR count). The molecule has 1 unspecified atom stereocenters. The van der Waals surface area contributed by atoms with Crippen LogP contribution < -0.4 is 5.73 Å². The summed E-state index contributed by atoms with van der Waals surface area (Å²) in [7, 11) is 0. The number of halogens is 5. The summed E-state index contributed by atoms with van der Waals surface area (Å²) in [5.74, 6) is -0.746. The van der Waals surface area contributed by atoms with Crippen LogP contribution in [0.2, 0.25) is 5.02 Å². The van der Waals surface area contributed by atoms with Crippen LogP contribution in [0.5, 0.6) is 0 Å². The van der Waals surface area contributed by atoms with Crippen LogP contribution in [0.1, 0.15) is 22.7 Å². The Kier molecular flexibility index (Phi) is 4.54. The van der Waals surface area contributed by atoms with Gasteiger partial charge in [0.05, 0.1) is 5.56 Å². The third-order valence-electron chi connectivity index (χ3n) is 3.09. The molecule has 1 atom stereocenters. The standard InChI is InChI=1S/C15H12ClF4N/c16-11-4-1-9(2-5-11)7-14(21)12-8-10(15(18,19)20)3-6-13(12)17/h1-6,8,14H,7,21H2. The van der Waals surface area contributed by atoms with Crippen LogP contribution in [-0.4, -0.2) is 0 Å². The van der Waals surface area contributed by atoms with E-state index in [4.69, 9.17) is 17.3 Å². The van der Waals surface area contributed by atoms with Gasteiger partial charge in [-0.3, -0.25) is 0 Å². The normalized spacial score (nSPS) is 13.2. The quantitative estimate of drug-likeness (QED) is 0.813. The van der Waals surface area contributed by atoms with E-state index in [1.54, 1.807) is 24.3 Å². The van der Waals surface area contributed by atoms with Crippen molar-refractivity contribution in [1.29, 1.82) is 0 Å². The van der Waals surface area contributed by atoms with E-state index in [1.807, 2.05) is 0 Å². The maximum atomic E-state index is 13.7. The van der Waals surface area contributed by atoms with Crippen molar-refractivity contribution >= 4 is 11.6 Å². The molecule has 0 aliphatic rings. The minimum atomic E-state index is -4.53. The van der Waals surface area contributed by atoms with Gasteiger partial charge in [-0.15, -0.1) is 0 Å². The van der Waals surface area contributed by atoms with Crippen LogP contribution in [0, 0.1) is 5.82 Å². The highest BCUT2D eigenvalue weighted by Crippen LogP contribution is 2.32. The second-order valence-electron chi connectivity index (χ2n) is 4.67. The van der Waals surface area contributed by atoms with Crippen molar-refractivity contribution in [2.75, 3.05) is 0 Å². The van der Waals surface area contributed by atoms with E-state index in [0.29, 0.717) is 11.1 Å². The van der Waals surface area contributed by atoms with E-state index in [2.05, 4.69) is 0 Å². The highest BCUT2D eigenvalue weighted by molar-refractivity contribution is 6.30. The van der Waals surface area contributed by atoms with Crippen LogP contribution in [0.25, 0.3) is 0 Å². The Labute approximate surface area is 124 Å². The van der Waals surface area contributed by atoms with Crippen molar-refractivity contribution < 1.29 is 17.6 Å². The molecule has 0 amide bonds. The molecule has 0 heterocycles. The van der Waals surface area contributed by atoms with Crippen LogP contribution in [0.3, 0.4) is 0 Å². The van der Waals surface area contributed by atoms with E-state index in [1.165, 1.54) is 0 Å². The average molecular weight is 318 g/mol. The largest absolute Gasteiger partial charge is 0.416 e. The van der Waals surface area contributed by atoms with Gasteiger partial charge >= 0.3 is 6.18 Å². The second kappa shape index (κ2) is 6.03. The molecule has 0 spiro atoms. The van der Waals surface area contributed by atoms with Crippen LogP contribution >= 0.6 is 11.6 Å². The molecule has 2 aromatic carbocycles. The highest BCUT2D eigenvalue weighted by Gasteiger charge is 2.31. The zero-order valence-corrected chi connectivity index (χ0v) is 11.5. The summed E-state index contributed by atoms with van der Waals surface area (Å²) in [6.45, 7) is 0. The summed E-state index contributed by atoms with van der Waals surface area (Å²) in [6, 6.07) is 8.08. The predicted molar refractivity (Wildman–Crippen MR) is 73.5 cm³/mol. The Bertz CT molecular complexity index is 623. The minimum absolute atomic E-state index is 0.153. The summed E-state index contributed by atoms with van der Waals surface area (Å²) in [5.41, 5.74) is 5.54. The van der Waals surface area contributed by atoms with Crippen molar-refractivity contribution in [2.24, 2.45) is 5.73 Å². The van der Waals surface area contributed by atoms with Crippen molar-refractivity contribution in [3.8, 4) is 0 Å². The molecule has 0 radical (unpaired) electrons. The zero-order valence-electron chi connectivity index (χ0n) is 10.8. The summed E-state index contributed by atoms with van der Waals surface area (Å²) >= 11 is 5.75. The van der Waals surface area contributed by atoms with Crippen LogP contribution in [0.15, 0.2) is 42.5 Å². The molecule has 0 bridgehead atoms. The maximum absolute atomic E-state index is 13.7. The highest BCUT2D eigenvalue weighted by atomic mass is 35.5. The van der Waals surface area contributed by atoms with Gasteiger partial charge in [0.2, 0.25) is 0 Å². The minimum Gasteiger partial charge on any atom is -0.324 e. The molecule has 112 valence electrons. The number of rotatable bonds is 3. The lowest BCUT2D eigenvalue weighted by Crippen LogP contribution is -2.16. The fraction of sp³-hybridized carbons (Fsp3) is 0.200. The molecule has 0 fully saturated rings. The average Bonchev–Trinajstić information content (AvgIpc) is 2.40. The molecular formula is C15H12ClF4N. The molecule has 2 aromatic rings. The van der Waals surface area contributed by atoms with Crippen molar-refractivity contribution in [3.63, 3.8) is 0 Å². The maximum Gasteiger partial charge on any atom is 0.416 e. The number of nitrogens with two attached hydrogens (primary N) is 1. The molecule has 0 aliphatic carbocycles. The Morgan fingerprint density at radius 1 is 1.05 bits per heavy atom. The van der Waals surface area contributed by atoms with Crippen molar-refractivity contribution in [3.05, 3.63) is 70.0 Å². The number of alkyl halides is 3. The monoisotopic (exact) mass is 317 g/mol. The van der Waals surface area contributed by atoms with Gasteiger partial charge in [0.15, 0.2) is 0 Å². The predicted octanol–water partition coefficient (Wildman–Crippen LogP) is 4.74. The van der Waals surface area contributed by atoms with Gasteiger partial charge in [0.25, 0.3) is 0 Å². The van der Waals surface area contributed by atoms with Gasteiger partial charge < -0.3 is 5.73 Å². The SMILES string of the molecule is NC(Cc1ccc(Cl)cc1)c1cc(C(F)(F)F)ccc1F. The Hall–Kier alpha value is -1.59. The molecule has 21 heavy (non-hydrogen) atoms. The fourth-order valence-electron chi connectivity index (χ4n) is 1.99. The molecule has 2 N–H and O–H groups in total. The van der Waals surface area contributed by atoms with Crippen LogP contribution in [-0.2, 0) is 12.6 Å². The van der Waals surface area contributed by atoms with E-state index >= 15 is 0 Å².